The van der Waals surface area contributed by atoms with E-state index in [1.165, 1.54) is 4.90 Å². The van der Waals surface area contributed by atoms with Crippen molar-refractivity contribution in [1.82, 2.24) is 10.2 Å². The first-order valence-electron chi connectivity index (χ1n) is 7.21. The van der Waals surface area contributed by atoms with Crippen molar-refractivity contribution in [2.24, 2.45) is 0 Å². The summed E-state index contributed by atoms with van der Waals surface area (Å²) in [4.78, 5) is 36.8. The van der Waals surface area contributed by atoms with Gasteiger partial charge in [0, 0.05) is 6.54 Å². The molecule has 0 unspecified atom stereocenters. The molecule has 0 aliphatic carbocycles. The molecule has 2 aliphatic heterocycles. The average Bonchev–Trinajstić information content (AvgIpc) is 2.91. The summed E-state index contributed by atoms with van der Waals surface area (Å²) in [5.74, 6) is -0.749. The van der Waals surface area contributed by atoms with Gasteiger partial charge >= 0.3 is 12.1 Å². The second kappa shape index (κ2) is 7.10. The number of cyclic esters (lactones) is 1. The van der Waals surface area contributed by atoms with Gasteiger partial charge < -0.3 is 20.1 Å². The van der Waals surface area contributed by atoms with Gasteiger partial charge in [-0.05, 0) is 32.1 Å². The number of nitrogens with one attached hydrogen (secondary N) is 1. The van der Waals surface area contributed by atoms with Crippen LogP contribution in [0.5, 0.6) is 0 Å². The normalized spacial score (nSPS) is 27.3. The minimum atomic E-state index is -1.24. The second-order valence-electron chi connectivity index (χ2n) is 5.21. The lowest BCUT2D eigenvalue weighted by Crippen LogP contribution is -2.51. The number of hydrogen-bond acceptors (Lipinski definition) is 4. The predicted molar refractivity (Wildman–Crippen MR) is 73.6 cm³/mol. The standard InChI is InChI=1S/C14H20N2O5/c17-12-10(15-14(19)20)6-3-1-2-4-9-21-13(18)11-7-5-8-16(11)12/h1,3,10-11,15H,2,4-9H2,(H,19,20)/t10-,11+/m1/s1. The molecule has 2 aliphatic rings. The molecule has 0 spiro atoms. The van der Waals surface area contributed by atoms with Gasteiger partial charge in [0.1, 0.15) is 12.1 Å². The van der Waals surface area contributed by atoms with Crippen LogP contribution in [0.25, 0.3) is 0 Å². The van der Waals surface area contributed by atoms with Gasteiger partial charge in [-0.2, -0.15) is 0 Å². The monoisotopic (exact) mass is 296 g/mol. The van der Waals surface area contributed by atoms with Crippen LogP contribution in [0.1, 0.15) is 32.1 Å². The van der Waals surface area contributed by atoms with Crippen LogP contribution in [0.15, 0.2) is 12.2 Å². The quantitative estimate of drug-likeness (QED) is 0.553. The summed E-state index contributed by atoms with van der Waals surface area (Å²) in [6, 6.07) is -1.44. The van der Waals surface area contributed by atoms with Gasteiger partial charge in [0.25, 0.3) is 0 Å². The third-order valence-electron chi connectivity index (χ3n) is 3.70. The van der Waals surface area contributed by atoms with Crippen LogP contribution in [-0.4, -0.2) is 53.2 Å². The Hall–Kier alpha value is -2.05. The van der Waals surface area contributed by atoms with Crippen LogP contribution in [-0.2, 0) is 14.3 Å². The van der Waals surface area contributed by atoms with Crippen LogP contribution in [0.4, 0.5) is 4.79 Å². The highest BCUT2D eigenvalue weighted by Gasteiger charge is 2.38. The molecule has 2 atom stereocenters. The summed E-state index contributed by atoms with van der Waals surface area (Å²) < 4.78 is 5.19. The smallest absolute Gasteiger partial charge is 0.405 e. The molecule has 0 aromatic heterocycles. The van der Waals surface area contributed by atoms with E-state index >= 15 is 0 Å². The third kappa shape index (κ3) is 3.96. The van der Waals surface area contributed by atoms with E-state index in [0.29, 0.717) is 26.0 Å². The molecule has 2 amide bonds. The Morgan fingerprint density at radius 2 is 2.14 bits per heavy atom. The molecule has 0 aromatic carbocycles. The molecular weight excluding hydrogens is 276 g/mol. The molecule has 1 fully saturated rings. The molecular formula is C14H20N2O5. The number of hydrogen-bond donors (Lipinski definition) is 2. The van der Waals surface area contributed by atoms with E-state index in [4.69, 9.17) is 9.84 Å². The van der Waals surface area contributed by atoms with Gasteiger partial charge in [-0.25, -0.2) is 9.59 Å². The maximum Gasteiger partial charge on any atom is 0.405 e. The summed E-state index contributed by atoms with van der Waals surface area (Å²) >= 11 is 0. The topological polar surface area (TPSA) is 95.9 Å². The van der Waals surface area contributed by atoms with Gasteiger partial charge in [0.2, 0.25) is 5.91 Å². The Balaban J connectivity index is 2.18. The number of allylic oxidation sites excluding steroid dienone is 1. The molecule has 0 saturated carbocycles. The van der Waals surface area contributed by atoms with E-state index in [1.54, 1.807) is 6.08 Å². The number of amides is 2. The molecule has 2 N–H and O–H groups in total. The van der Waals surface area contributed by atoms with Crippen LogP contribution in [0.3, 0.4) is 0 Å². The lowest BCUT2D eigenvalue weighted by atomic mass is 10.1. The Morgan fingerprint density at radius 3 is 2.90 bits per heavy atom. The molecule has 0 bridgehead atoms. The number of ether oxygens (including phenoxy) is 1. The molecule has 2 rings (SSSR count). The van der Waals surface area contributed by atoms with Gasteiger partial charge in [0.15, 0.2) is 0 Å². The van der Waals surface area contributed by atoms with Crippen molar-refractivity contribution in [2.75, 3.05) is 13.2 Å². The van der Waals surface area contributed by atoms with Gasteiger partial charge in [0.05, 0.1) is 6.61 Å². The number of carbonyl (C=O) groups is 3. The van der Waals surface area contributed by atoms with Crippen LogP contribution in [0, 0.1) is 0 Å². The number of fused-ring (bicyclic) bond motifs is 1. The molecule has 2 heterocycles. The van der Waals surface area contributed by atoms with Crippen molar-refractivity contribution in [3.63, 3.8) is 0 Å². The molecule has 21 heavy (non-hydrogen) atoms. The highest BCUT2D eigenvalue weighted by Crippen LogP contribution is 2.21. The summed E-state index contributed by atoms with van der Waals surface area (Å²) in [6.07, 6.45) is 5.47. The SMILES string of the molecule is O=C(O)N[C@@H]1CC=CCCCOC(=O)[C@@H]2CCCN2C1=O. The Labute approximate surface area is 122 Å². The van der Waals surface area contributed by atoms with Gasteiger partial charge in [-0.3, -0.25) is 4.79 Å². The Kier molecular flexibility index (Phi) is 5.19. The predicted octanol–water partition coefficient (Wildman–Crippen LogP) is 0.897. The number of carbonyl (C=O) groups excluding carboxylic acids is 2. The van der Waals surface area contributed by atoms with E-state index in [0.717, 1.165) is 19.3 Å². The first-order chi connectivity index (χ1) is 10.1. The summed E-state index contributed by atoms with van der Waals surface area (Å²) in [5, 5.41) is 11.1. The summed E-state index contributed by atoms with van der Waals surface area (Å²) in [5.41, 5.74) is 0. The van der Waals surface area contributed by atoms with E-state index in [9.17, 15) is 14.4 Å². The van der Waals surface area contributed by atoms with Crippen molar-refractivity contribution in [3.8, 4) is 0 Å². The van der Waals surface area contributed by atoms with Crippen LogP contribution >= 0.6 is 0 Å². The zero-order valence-electron chi connectivity index (χ0n) is 11.8. The highest BCUT2D eigenvalue weighted by atomic mass is 16.5. The average molecular weight is 296 g/mol. The first-order valence-corrected chi connectivity index (χ1v) is 7.21. The lowest BCUT2D eigenvalue weighted by molar-refractivity contribution is -0.154. The fraction of sp³-hybridized carbons (Fsp3) is 0.643. The minimum absolute atomic E-state index is 0.295. The van der Waals surface area contributed by atoms with E-state index in [-0.39, 0.29) is 11.9 Å². The number of esters is 1. The lowest BCUT2D eigenvalue weighted by Gasteiger charge is -2.27. The maximum absolute atomic E-state index is 12.5. The van der Waals surface area contributed by atoms with Crippen LogP contribution < -0.4 is 5.32 Å². The third-order valence-corrected chi connectivity index (χ3v) is 3.70. The molecule has 0 aromatic rings. The molecule has 116 valence electrons. The van der Waals surface area contributed by atoms with Crippen molar-refractivity contribution in [3.05, 3.63) is 12.2 Å². The van der Waals surface area contributed by atoms with E-state index < -0.39 is 18.2 Å². The number of rotatable bonds is 1. The number of nitrogens with zero attached hydrogens (tertiary/aromatic N) is 1. The fourth-order valence-corrected chi connectivity index (χ4v) is 2.67. The van der Waals surface area contributed by atoms with Crippen molar-refractivity contribution < 1.29 is 24.2 Å². The zero-order chi connectivity index (χ0) is 15.2. The maximum atomic E-state index is 12.5. The summed E-state index contributed by atoms with van der Waals surface area (Å²) in [7, 11) is 0. The van der Waals surface area contributed by atoms with Crippen molar-refractivity contribution in [2.45, 2.75) is 44.2 Å². The fourth-order valence-electron chi connectivity index (χ4n) is 2.67. The molecule has 7 heteroatoms. The zero-order valence-corrected chi connectivity index (χ0v) is 11.8. The van der Waals surface area contributed by atoms with Crippen LogP contribution in [0.2, 0.25) is 0 Å². The number of carboxylic acid groups (broad SMARTS) is 1. The van der Waals surface area contributed by atoms with E-state index in [1.807, 2.05) is 6.08 Å². The van der Waals surface area contributed by atoms with E-state index in [2.05, 4.69) is 5.32 Å². The largest absolute Gasteiger partial charge is 0.465 e. The molecule has 1 saturated heterocycles. The molecule has 7 nitrogen and oxygen atoms in total. The van der Waals surface area contributed by atoms with Gasteiger partial charge in [-0.15, -0.1) is 0 Å². The highest BCUT2D eigenvalue weighted by molar-refractivity contribution is 5.90. The molecule has 0 radical (unpaired) electrons. The Bertz CT molecular complexity index is 449. The minimum Gasteiger partial charge on any atom is -0.465 e. The Morgan fingerprint density at radius 1 is 1.33 bits per heavy atom. The van der Waals surface area contributed by atoms with Crippen molar-refractivity contribution in [1.29, 1.82) is 0 Å². The first kappa shape index (κ1) is 15.3. The second-order valence-corrected chi connectivity index (χ2v) is 5.21. The van der Waals surface area contributed by atoms with Crippen molar-refractivity contribution >= 4 is 18.0 Å². The van der Waals surface area contributed by atoms with Gasteiger partial charge in [-0.1, -0.05) is 12.2 Å². The summed E-state index contributed by atoms with van der Waals surface area (Å²) in [6.45, 7) is 0.804.